The Morgan fingerprint density at radius 2 is 1.78 bits per heavy atom. The van der Waals surface area contributed by atoms with Crippen LogP contribution in [0.4, 0.5) is 0 Å². The highest BCUT2D eigenvalue weighted by atomic mass is 16.3. The number of hydrogen-bond acceptors (Lipinski definition) is 3. The Morgan fingerprint density at radius 1 is 1.04 bits per heavy atom. The number of piperidine rings is 1. The van der Waals surface area contributed by atoms with E-state index in [4.69, 9.17) is 0 Å². The Hall–Kier alpha value is -0.610. The van der Waals surface area contributed by atoms with Gasteiger partial charge in [-0.3, -0.25) is 9.69 Å². The maximum atomic E-state index is 12.1. The zero-order valence-corrected chi connectivity index (χ0v) is 15.0. The van der Waals surface area contributed by atoms with Crippen molar-refractivity contribution in [2.75, 3.05) is 19.6 Å². The first-order valence-corrected chi connectivity index (χ1v) is 9.69. The molecule has 0 bridgehead atoms. The maximum absolute atomic E-state index is 12.1. The molecule has 23 heavy (non-hydrogen) atoms. The summed E-state index contributed by atoms with van der Waals surface area (Å²) in [6.45, 7) is 6.85. The summed E-state index contributed by atoms with van der Waals surface area (Å²) in [5.41, 5.74) is -0.470. The molecule has 0 unspecified atom stereocenters. The van der Waals surface area contributed by atoms with Crippen LogP contribution in [0, 0.1) is 0 Å². The minimum atomic E-state index is -0.505. The number of nitrogens with zero attached hydrogens (tertiary/aromatic N) is 2. The predicted octanol–water partition coefficient (Wildman–Crippen LogP) is 2.94. The van der Waals surface area contributed by atoms with Crippen molar-refractivity contribution in [1.82, 2.24) is 9.80 Å². The Labute approximate surface area is 141 Å². The summed E-state index contributed by atoms with van der Waals surface area (Å²) in [6, 6.07) is 0.323. The summed E-state index contributed by atoms with van der Waals surface area (Å²) < 4.78 is 0. The van der Waals surface area contributed by atoms with E-state index in [1.54, 1.807) is 6.92 Å². The number of likely N-dealkylation sites (tertiary alicyclic amines) is 2. The van der Waals surface area contributed by atoms with E-state index in [-0.39, 0.29) is 11.4 Å². The van der Waals surface area contributed by atoms with E-state index in [2.05, 4.69) is 16.7 Å². The third kappa shape index (κ3) is 3.43. The van der Waals surface area contributed by atoms with Crippen LogP contribution in [0.3, 0.4) is 0 Å². The fraction of sp³-hybridized carbons (Fsp3) is 0.947. The molecule has 1 N–H and O–H groups in total. The van der Waals surface area contributed by atoms with Crippen molar-refractivity contribution in [3.05, 3.63) is 0 Å². The Balaban J connectivity index is 1.82. The molecular weight excluding hydrogens is 288 g/mol. The fourth-order valence-electron chi connectivity index (χ4n) is 5.36. The number of fused-ring (bicyclic) bond motifs is 1. The molecule has 3 rings (SSSR count). The van der Waals surface area contributed by atoms with Gasteiger partial charge in [0, 0.05) is 31.6 Å². The number of hydrogen-bond donors (Lipinski definition) is 1. The average molecular weight is 322 g/mol. The zero-order chi connectivity index (χ0) is 16.5. The molecule has 4 nitrogen and oxygen atoms in total. The van der Waals surface area contributed by atoms with Crippen LogP contribution in [0.15, 0.2) is 0 Å². The van der Waals surface area contributed by atoms with Crippen LogP contribution in [-0.4, -0.2) is 57.6 Å². The molecule has 3 aliphatic rings. The van der Waals surface area contributed by atoms with Gasteiger partial charge < -0.3 is 10.0 Å². The van der Waals surface area contributed by atoms with Gasteiger partial charge in [-0.2, -0.15) is 0 Å². The van der Waals surface area contributed by atoms with Crippen molar-refractivity contribution in [3.63, 3.8) is 0 Å². The summed E-state index contributed by atoms with van der Waals surface area (Å²) >= 11 is 0. The molecule has 0 aromatic carbocycles. The lowest BCUT2D eigenvalue weighted by Crippen LogP contribution is -2.65. The van der Waals surface area contributed by atoms with Crippen molar-refractivity contribution in [3.8, 4) is 0 Å². The van der Waals surface area contributed by atoms with Crippen LogP contribution in [0.5, 0.6) is 0 Å². The van der Waals surface area contributed by atoms with Gasteiger partial charge in [0.05, 0.1) is 5.60 Å². The largest absolute Gasteiger partial charge is 0.389 e. The van der Waals surface area contributed by atoms with Gasteiger partial charge in [0.25, 0.3) is 0 Å². The van der Waals surface area contributed by atoms with Crippen molar-refractivity contribution in [1.29, 1.82) is 0 Å². The summed E-state index contributed by atoms with van der Waals surface area (Å²) in [5.74, 6) is 0.221. The molecule has 1 aliphatic carbocycles. The second kappa shape index (κ2) is 6.72. The summed E-state index contributed by atoms with van der Waals surface area (Å²) in [5, 5.41) is 11.1. The van der Waals surface area contributed by atoms with Crippen LogP contribution in [0.25, 0.3) is 0 Å². The van der Waals surface area contributed by atoms with Gasteiger partial charge >= 0.3 is 0 Å². The molecule has 0 aromatic heterocycles. The smallest absolute Gasteiger partial charge is 0.219 e. The molecule has 0 aromatic rings. The molecule has 2 saturated heterocycles. The monoisotopic (exact) mass is 322 g/mol. The van der Waals surface area contributed by atoms with E-state index in [0.29, 0.717) is 6.04 Å². The Morgan fingerprint density at radius 3 is 2.48 bits per heavy atom. The van der Waals surface area contributed by atoms with Gasteiger partial charge in [-0.15, -0.1) is 0 Å². The first-order valence-electron chi connectivity index (χ1n) is 9.69. The zero-order valence-electron chi connectivity index (χ0n) is 15.0. The number of carbonyl (C=O) groups is 1. The predicted molar refractivity (Wildman–Crippen MR) is 92.3 cm³/mol. The quantitative estimate of drug-likeness (QED) is 0.850. The van der Waals surface area contributed by atoms with Gasteiger partial charge in [0.2, 0.25) is 5.91 Å². The third-order valence-corrected chi connectivity index (χ3v) is 6.73. The lowest BCUT2D eigenvalue weighted by Gasteiger charge is -2.54. The van der Waals surface area contributed by atoms with Crippen molar-refractivity contribution in [2.24, 2.45) is 0 Å². The standard InChI is InChI=1S/C19H34N2O2/c1-16(22)21-14-8-10-18(2)17(21)9-4-7-13-20(18)15-19(23)11-5-3-6-12-19/h17,23H,3-15H2,1-2H3/t17-,18-/m0/s1. The van der Waals surface area contributed by atoms with Crippen LogP contribution in [0.2, 0.25) is 0 Å². The topological polar surface area (TPSA) is 43.8 Å². The van der Waals surface area contributed by atoms with E-state index >= 15 is 0 Å². The molecule has 2 heterocycles. The molecule has 0 radical (unpaired) electrons. The average Bonchev–Trinajstić information content (AvgIpc) is 2.66. The van der Waals surface area contributed by atoms with E-state index in [9.17, 15) is 9.90 Å². The van der Waals surface area contributed by atoms with Crippen molar-refractivity contribution >= 4 is 5.91 Å². The molecule has 0 spiro atoms. The summed E-state index contributed by atoms with van der Waals surface area (Å²) in [7, 11) is 0. The normalized spacial score (nSPS) is 35.4. The van der Waals surface area contributed by atoms with Gasteiger partial charge in [0.1, 0.15) is 0 Å². The number of carbonyl (C=O) groups excluding carboxylic acids is 1. The van der Waals surface area contributed by atoms with Crippen molar-refractivity contribution in [2.45, 2.75) is 95.2 Å². The first-order chi connectivity index (χ1) is 10.9. The van der Waals surface area contributed by atoms with Gasteiger partial charge in [-0.05, 0) is 52.0 Å². The van der Waals surface area contributed by atoms with Crippen molar-refractivity contribution < 1.29 is 9.90 Å². The number of rotatable bonds is 2. The van der Waals surface area contributed by atoms with E-state index in [1.807, 2.05) is 0 Å². The number of aliphatic hydroxyl groups is 1. The molecule has 4 heteroatoms. The highest BCUT2D eigenvalue weighted by molar-refractivity contribution is 5.74. The van der Waals surface area contributed by atoms with Crippen LogP contribution in [0.1, 0.15) is 78.1 Å². The second-order valence-electron chi connectivity index (χ2n) is 8.39. The molecule has 2 atom stereocenters. The summed E-state index contributed by atoms with van der Waals surface area (Å²) in [6.07, 6.45) is 11.2. The lowest BCUT2D eigenvalue weighted by atomic mass is 9.77. The lowest BCUT2D eigenvalue weighted by molar-refractivity contribution is -0.140. The minimum absolute atomic E-state index is 0.0353. The second-order valence-corrected chi connectivity index (χ2v) is 8.39. The van der Waals surface area contributed by atoms with Crippen LogP contribution in [-0.2, 0) is 4.79 Å². The maximum Gasteiger partial charge on any atom is 0.219 e. The number of amides is 1. The Bertz CT molecular complexity index is 433. The third-order valence-electron chi connectivity index (χ3n) is 6.73. The number of β-amino-alcohol motifs (C(OH)–C–C–N with tert-alkyl or cyclic N) is 1. The van der Waals surface area contributed by atoms with E-state index in [0.717, 1.165) is 64.6 Å². The highest BCUT2D eigenvalue weighted by Gasteiger charge is 2.48. The first kappa shape index (κ1) is 17.2. The summed E-state index contributed by atoms with van der Waals surface area (Å²) in [4.78, 5) is 16.8. The van der Waals surface area contributed by atoms with Gasteiger partial charge in [0.15, 0.2) is 0 Å². The van der Waals surface area contributed by atoms with Crippen LogP contribution >= 0.6 is 0 Å². The minimum Gasteiger partial charge on any atom is -0.389 e. The molecule has 132 valence electrons. The fourth-order valence-corrected chi connectivity index (χ4v) is 5.36. The van der Waals surface area contributed by atoms with E-state index < -0.39 is 5.60 Å². The SMILES string of the molecule is CC(=O)N1CCC[C@@]2(C)[C@@H]1CCCCN2CC1(O)CCCCC1. The molecular formula is C19H34N2O2. The van der Waals surface area contributed by atoms with Crippen LogP contribution < -0.4 is 0 Å². The molecule has 3 fully saturated rings. The Kier molecular flexibility index (Phi) is 5.03. The highest BCUT2D eigenvalue weighted by Crippen LogP contribution is 2.40. The van der Waals surface area contributed by atoms with Gasteiger partial charge in [-0.1, -0.05) is 25.7 Å². The van der Waals surface area contributed by atoms with E-state index in [1.165, 1.54) is 19.3 Å². The molecule has 1 saturated carbocycles. The molecule has 2 aliphatic heterocycles. The molecule has 1 amide bonds. The van der Waals surface area contributed by atoms with Gasteiger partial charge in [-0.25, -0.2) is 0 Å².